The third-order valence-corrected chi connectivity index (χ3v) is 3.59. The predicted molar refractivity (Wildman–Crippen MR) is 66.0 cm³/mol. The van der Waals surface area contributed by atoms with Crippen molar-refractivity contribution >= 4 is 45.8 Å². The van der Waals surface area contributed by atoms with Crippen LogP contribution < -0.4 is 0 Å². The van der Waals surface area contributed by atoms with Crippen molar-refractivity contribution in [3.8, 4) is 0 Å². The van der Waals surface area contributed by atoms with Crippen molar-refractivity contribution < 1.29 is 10.2 Å². The highest BCUT2D eigenvalue weighted by molar-refractivity contribution is 14.1. The predicted octanol–water partition coefficient (Wildman–Crippen LogP) is 2.19. The van der Waals surface area contributed by atoms with Gasteiger partial charge in [0.25, 0.3) is 0 Å². The number of hydrogen-bond donors (Lipinski definition) is 2. The number of aliphatic hydroxyl groups excluding tert-OH is 2. The largest absolute Gasteiger partial charge is 0.396 e. The Balaban J connectivity index is 2.92. The highest BCUT2D eigenvalue weighted by atomic mass is 127. The Morgan fingerprint density at radius 3 is 2.60 bits per heavy atom. The molecule has 1 unspecified atom stereocenters. The molecule has 0 saturated carbocycles. The molecule has 0 aliphatic rings. The molecular weight excluding hydrogens is 354 g/mol. The monoisotopic (exact) mass is 362 g/mol. The maximum Gasteiger partial charge on any atom is 0.224 e. The van der Waals surface area contributed by atoms with Gasteiger partial charge >= 0.3 is 0 Å². The van der Waals surface area contributed by atoms with Crippen LogP contribution in [0.15, 0.2) is 0 Å². The fourth-order valence-electron chi connectivity index (χ4n) is 1.05. The molecule has 84 valence electrons. The van der Waals surface area contributed by atoms with Crippen molar-refractivity contribution in [3.05, 3.63) is 19.7 Å². The maximum absolute atomic E-state index is 9.76. The van der Waals surface area contributed by atoms with Crippen LogP contribution in [0.25, 0.3) is 0 Å². The molecule has 0 radical (unpaired) electrons. The number of nitrogens with zero attached hydrogens (tertiary/aromatic N) is 2. The third-order valence-electron chi connectivity index (χ3n) is 1.76. The highest BCUT2D eigenvalue weighted by Crippen LogP contribution is 2.27. The van der Waals surface area contributed by atoms with Gasteiger partial charge in [0.2, 0.25) is 5.28 Å². The van der Waals surface area contributed by atoms with Crippen LogP contribution in [-0.4, -0.2) is 26.8 Å². The molecule has 0 aliphatic heterocycles. The molecule has 1 aromatic rings. The molecule has 7 heteroatoms. The fraction of sp³-hybridized carbons (Fsp3) is 0.500. The first-order chi connectivity index (χ1) is 7.06. The molecule has 1 aromatic heterocycles. The molecule has 2 N–H and O–H groups in total. The summed E-state index contributed by atoms with van der Waals surface area (Å²) in [6, 6.07) is 0. The molecular formula is C8H9Cl2IN2O2. The van der Waals surface area contributed by atoms with Gasteiger partial charge in [-0.05, 0) is 47.0 Å². The standard InChI is InChI=1S/C8H9Cl2IN2O2/c9-7-5(11)6(12-8(10)13-7)4(15)2-1-3-14/h4,14-15H,1-3H2. The molecule has 0 saturated heterocycles. The lowest BCUT2D eigenvalue weighted by Gasteiger charge is -2.11. The first-order valence-corrected chi connectivity index (χ1v) is 6.07. The fourth-order valence-corrected chi connectivity index (χ4v) is 2.05. The highest BCUT2D eigenvalue weighted by Gasteiger charge is 2.17. The van der Waals surface area contributed by atoms with E-state index in [0.29, 0.717) is 22.1 Å². The number of aliphatic hydroxyl groups is 2. The van der Waals surface area contributed by atoms with Gasteiger partial charge in [-0.3, -0.25) is 0 Å². The lowest BCUT2D eigenvalue weighted by atomic mass is 10.1. The summed E-state index contributed by atoms with van der Waals surface area (Å²) in [7, 11) is 0. The summed E-state index contributed by atoms with van der Waals surface area (Å²) in [6.45, 7) is 0.0280. The Morgan fingerprint density at radius 2 is 2.00 bits per heavy atom. The summed E-state index contributed by atoms with van der Waals surface area (Å²) in [5.41, 5.74) is 0.411. The summed E-state index contributed by atoms with van der Waals surface area (Å²) < 4.78 is 0.587. The molecule has 0 aliphatic carbocycles. The van der Waals surface area contributed by atoms with Crippen LogP contribution in [0.2, 0.25) is 10.4 Å². The van der Waals surface area contributed by atoms with Crippen LogP contribution in [-0.2, 0) is 0 Å². The van der Waals surface area contributed by atoms with Gasteiger partial charge < -0.3 is 10.2 Å². The summed E-state index contributed by atoms with van der Waals surface area (Å²) in [5, 5.41) is 18.6. The van der Waals surface area contributed by atoms with Crippen LogP contribution in [0.1, 0.15) is 24.6 Å². The number of hydrogen-bond acceptors (Lipinski definition) is 4. The summed E-state index contributed by atoms with van der Waals surface area (Å²) in [6.07, 6.45) is 0.134. The Morgan fingerprint density at radius 1 is 1.33 bits per heavy atom. The molecule has 15 heavy (non-hydrogen) atoms. The minimum Gasteiger partial charge on any atom is -0.396 e. The van der Waals surface area contributed by atoms with Crippen LogP contribution >= 0.6 is 45.8 Å². The van der Waals surface area contributed by atoms with Crippen LogP contribution in [0.5, 0.6) is 0 Å². The van der Waals surface area contributed by atoms with Crippen molar-refractivity contribution in [2.24, 2.45) is 0 Å². The summed E-state index contributed by atoms with van der Waals surface area (Å²) in [4.78, 5) is 7.67. The Hall–Kier alpha value is 0.310. The molecule has 1 rings (SSSR count). The van der Waals surface area contributed by atoms with Gasteiger partial charge in [0.05, 0.1) is 15.4 Å². The third kappa shape index (κ3) is 3.67. The topological polar surface area (TPSA) is 66.2 Å². The van der Waals surface area contributed by atoms with Gasteiger partial charge in [0.1, 0.15) is 5.15 Å². The second kappa shape index (κ2) is 6.15. The zero-order chi connectivity index (χ0) is 11.4. The van der Waals surface area contributed by atoms with E-state index < -0.39 is 6.10 Å². The van der Waals surface area contributed by atoms with Gasteiger partial charge in [0, 0.05) is 6.61 Å². The van der Waals surface area contributed by atoms with E-state index in [-0.39, 0.29) is 17.0 Å². The average Bonchev–Trinajstić information content (AvgIpc) is 2.19. The first-order valence-electron chi connectivity index (χ1n) is 4.23. The molecule has 0 aromatic carbocycles. The van der Waals surface area contributed by atoms with Crippen LogP contribution in [0.4, 0.5) is 0 Å². The van der Waals surface area contributed by atoms with E-state index >= 15 is 0 Å². The number of aromatic nitrogens is 2. The van der Waals surface area contributed by atoms with Gasteiger partial charge in [-0.25, -0.2) is 9.97 Å². The summed E-state index contributed by atoms with van der Waals surface area (Å²) in [5.74, 6) is 0. The number of rotatable bonds is 4. The molecule has 0 fully saturated rings. The van der Waals surface area contributed by atoms with Crippen molar-refractivity contribution in [2.75, 3.05) is 6.61 Å². The Kier molecular flexibility index (Phi) is 5.48. The average molecular weight is 363 g/mol. The van der Waals surface area contributed by atoms with E-state index in [0.717, 1.165) is 0 Å². The van der Waals surface area contributed by atoms with Gasteiger partial charge in [-0.2, -0.15) is 0 Å². The van der Waals surface area contributed by atoms with Crippen LogP contribution in [0, 0.1) is 3.57 Å². The smallest absolute Gasteiger partial charge is 0.224 e. The normalized spacial score (nSPS) is 12.9. The first kappa shape index (κ1) is 13.4. The second-order valence-corrected chi connectivity index (χ2v) is 4.64. The van der Waals surface area contributed by atoms with E-state index in [1.54, 1.807) is 0 Å². The van der Waals surface area contributed by atoms with Gasteiger partial charge in [0.15, 0.2) is 0 Å². The lowest BCUT2D eigenvalue weighted by molar-refractivity contribution is 0.146. The van der Waals surface area contributed by atoms with Gasteiger partial charge in [-0.15, -0.1) is 0 Å². The molecule has 0 spiro atoms. The minimum atomic E-state index is -0.776. The van der Waals surface area contributed by atoms with E-state index in [2.05, 4.69) is 9.97 Å². The molecule has 1 heterocycles. The Bertz CT molecular complexity index is 352. The lowest BCUT2D eigenvalue weighted by Crippen LogP contribution is -2.06. The minimum absolute atomic E-state index is 0.0125. The number of halogens is 3. The zero-order valence-corrected chi connectivity index (χ0v) is 11.3. The zero-order valence-electron chi connectivity index (χ0n) is 7.62. The van der Waals surface area contributed by atoms with Crippen molar-refractivity contribution in [2.45, 2.75) is 18.9 Å². The van der Waals surface area contributed by atoms with E-state index in [1.165, 1.54) is 0 Å². The van der Waals surface area contributed by atoms with E-state index in [9.17, 15) is 5.11 Å². The van der Waals surface area contributed by atoms with Crippen molar-refractivity contribution in [1.82, 2.24) is 9.97 Å². The van der Waals surface area contributed by atoms with Crippen molar-refractivity contribution in [3.63, 3.8) is 0 Å². The maximum atomic E-state index is 9.76. The SMILES string of the molecule is OCCCC(O)c1nc(Cl)nc(Cl)c1I. The van der Waals surface area contributed by atoms with Crippen molar-refractivity contribution in [1.29, 1.82) is 0 Å². The second-order valence-electron chi connectivity index (χ2n) is 2.86. The molecule has 0 bridgehead atoms. The molecule has 0 amide bonds. The summed E-state index contributed by atoms with van der Waals surface area (Å²) >= 11 is 13.4. The van der Waals surface area contributed by atoms with E-state index in [4.69, 9.17) is 28.3 Å². The quantitative estimate of drug-likeness (QED) is 0.489. The molecule has 1 atom stereocenters. The van der Waals surface area contributed by atoms with Gasteiger partial charge in [-0.1, -0.05) is 11.6 Å². The van der Waals surface area contributed by atoms with E-state index in [1.807, 2.05) is 22.6 Å². The molecule has 4 nitrogen and oxygen atoms in total. The van der Waals surface area contributed by atoms with Crippen LogP contribution in [0.3, 0.4) is 0 Å². The Labute approximate surface area is 111 Å².